The van der Waals surface area contributed by atoms with E-state index in [2.05, 4.69) is 27.8 Å². The van der Waals surface area contributed by atoms with Crippen molar-refractivity contribution in [2.75, 3.05) is 0 Å². The fourth-order valence-electron chi connectivity index (χ4n) is 2.04. The maximum atomic E-state index is 6.49. The number of aromatic nitrogens is 1. The molecule has 1 atom stereocenters. The zero-order chi connectivity index (χ0) is 12.5. The van der Waals surface area contributed by atoms with Gasteiger partial charge >= 0.3 is 0 Å². The number of nitrogens with zero attached hydrogens (tertiary/aromatic N) is 1. The average molecular weight is 291 g/mol. The van der Waals surface area contributed by atoms with Gasteiger partial charge in [-0.1, -0.05) is 34.1 Å². The molecule has 1 aromatic carbocycles. The Morgan fingerprint density at radius 2 is 1.88 bits per heavy atom. The summed E-state index contributed by atoms with van der Waals surface area (Å²) in [6, 6.07) is 10.0. The highest BCUT2D eigenvalue weighted by molar-refractivity contribution is 9.10. The molecule has 2 aromatic rings. The molecule has 0 spiro atoms. The third-order valence-electron chi connectivity index (χ3n) is 3.03. The van der Waals surface area contributed by atoms with Crippen LogP contribution in [0.5, 0.6) is 0 Å². The smallest absolute Gasteiger partial charge is 0.0665 e. The minimum absolute atomic E-state index is 0.543. The van der Waals surface area contributed by atoms with E-state index in [0.717, 1.165) is 21.2 Å². The van der Waals surface area contributed by atoms with E-state index in [4.69, 9.17) is 5.73 Å². The lowest BCUT2D eigenvalue weighted by atomic mass is 9.84. The largest absolute Gasteiger partial charge is 0.318 e. The first kappa shape index (κ1) is 12.3. The molecule has 0 saturated carbocycles. The molecule has 2 nitrogen and oxygen atoms in total. The minimum atomic E-state index is -0.543. The zero-order valence-corrected chi connectivity index (χ0v) is 11.5. The standard InChI is InChI=1S/C14H15BrN2/c1-10-7-8-17-9-12(10)14(2,16)11-5-3-4-6-13(11)15/h3-9H,16H2,1-2H3. The van der Waals surface area contributed by atoms with E-state index < -0.39 is 5.54 Å². The van der Waals surface area contributed by atoms with Crippen molar-refractivity contribution in [3.8, 4) is 0 Å². The Morgan fingerprint density at radius 1 is 1.18 bits per heavy atom. The SMILES string of the molecule is Cc1ccncc1C(C)(N)c1ccccc1Br. The van der Waals surface area contributed by atoms with Crippen molar-refractivity contribution in [1.82, 2.24) is 4.98 Å². The topological polar surface area (TPSA) is 38.9 Å². The molecule has 1 aromatic heterocycles. The number of hydrogen-bond acceptors (Lipinski definition) is 2. The third kappa shape index (κ3) is 2.26. The quantitative estimate of drug-likeness (QED) is 0.921. The van der Waals surface area contributed by atoms with Crippen LogP contribution in [0.1, 0.15) is 23.6 Å². The summed E-state index contributed by atoms with van der Waals surface area (Å²) in [5.74, 6) is 0. The van der Waals surface area contributed by atoms with Crippen molar-refractivity contribution in [2.24, 2.45) is 5.73 Å². The number of rotatable bonds is 2. The Bertz CT molecular complexity index is 488. The number of halogens is 1. The molecule has 0 saturated heterocycles. The normalized spacial score (nSPS) is 14.4. The van der Waals surface area contributed by atoms with Gasteiger partial charge in [0.05, 0.1) is 5.54 Å². The molecule has 1 unspecified atom stereocenters. The molecule has 0 amide bonds. The first-order chi connectivity index (χ1) is 8.03. The molecule has 3 heteroatoms. The summed E-state index contributed by atoms with van der Waals surface area (Å²) in [5.41, 5.74) is 9.22. The summed E-state index contributed by atoms with van der Waals surface area (Å²) in [6.07, 6.45) is 3.63. The van der Waals surface area contributed by atoms with E-state index in [1.807, 2.05) is 43.5 Å². The highest BCUT2D eigenvalue weighted by Gasteiger charge is 2.27. The summed E-state index contributed by atoms with van der Waals surface area (Å²) >= 11 is 3.55. The van der Waals surface area contributed by atoms with Gasteiger partial charge in [0.25, 0.3) is 0 Å². The maximum Gasteiger partial charge on any atom is 0.0665 e. The fraction of sp³-hybridized carbons (Fsp3) is 0.214. The summed E-state index contributed by atoms with van der Waals surface area (Å²) in [4.78, 5) is 4.17. The number of hydrogen-bond donors (Lipinski definition) is 1. The molecule has 88 valence electrons. The van der Waals surface area contributed by atoms with Crippen LogP contribution in [-0.4, -0.2) is 4.98 Å². The Kier molecular flexibility index (Phi) is 3.31. The van der Waals surface area contributed by atoms with Crippen LogP contribution in [0, 0.1) is 6.92 Å². The Hall–Kier alpha value is -1.19. The lowest BCUT2D eigenvalue weighted by Gasteiger charge is -2.28. The number of benzene rings is 1. The molecule has 0 bridgehead atoms. The number of aryl methyl sites for hydroxylation is 1. The second-order valence-electron chi connectivity index (χ2n) is 4.37. The fourth-order valence-corrected chi connectivity index (χ4v) is 2.73. The van der Waals surface area contributed by atoms with Crippen LogP contribution in [0.15, 0.2) is 47.2 Å². The molecule has 0 radical (unpaired) electrons. The molecule has 1 heterocycles. The van der Waals surface area contributed by atoms with Crippen molar-refractivity contribution in [3.05, 3.63) is 63.9 Å². The van der Waals surface area contributed by atoms with Crippen LogP contribution < -0.4 is 5.73 Å². The molecular formula is C14H15BrN2. The predicted octanol–water partition coefficient (Wildman–Crippen LogP) is 3.37. The van der Waals surface area contributed by atoms with E-state index in [1.54, 1.807) is 6.20 Å². The summed E-state index contributed by atoms with van der Waals surface area (Å²) in [6.45, 7) is 4.07. The maximum absolute atomic E-state index is 6.49. The van der Waals surface area contributed by atoms with Crippen molar-refractivity contribution < 1.29 is 0 Å². The van der Waals surface area contributed by atoms with Gasteiger partial charge in [-0.25, -0.2) is 0 Å². The number of nitrogens with two attached hydrogens (primary N) is 1. The van der Waals surface area contributed by atoms with E-state index in [-0.39, 0.29) is 0 Å². The number of pyridine rings is 1. The molecule has 0 aliphatic carbocycles. The Labute approximate surface area is 110 Å². The van der Waals surface area contributed by atoms with Crippen LogP contribution in [0.25, 0.3) is 0 Å². The summed E-state index contributed by atoms with van der Waals surface area (Å²) in [5, 5.41) is 0. The van der Waals surface area contributed by atoms with Crippen LogP contribution >= 0.6 is 15.9 Å². The average Bonchev–Trinajstić information content (AvgIpc) is 2.29. The molecule has 0 fully saturated rings. The third-order valence-corrected chi connectivity index (χ3v) is 3.72. The first-order valence-corrected chi connectivity index (χ1v) is 6.28. The zero-order valence-electron chi connectivity index (χ0n) is 9.94. The first-order valence-electron chi connectivity index (χ1n) is 5.48. The van der Waals surface area contributed by atoms with E-state index in [1.165, 1.54) is 0 Å². The second kappa shape index (κ2) is 4.59. The molecular weight excluding hydrogens is 276 g/mol. The van der Waals surface area contributed by atoms with Gasteiger partial charge in [-0.15, -0.1) is 0 Å². The predicted molar refractivity (Wildman–Crippen MR) is 73.8 cm³/mol. The van der Waals surface area contributed by atoms with Gasteiger partial charge in [0, 0.05) is 16.9 Å². The highest BCUT2D eigenvalue weighted by Crippen LogP contribution is 2.32. The molecule has 17 heavy (non-hydrogen) atoms. The van der Waals surface area contributed by atoms with Crippen molar-refractivity contribution >= 4 is 15.9 Å². The summed E-state index contributed by atoms with van der Waals surface area (Å²) < 4.78 is 1.02. The van der Waals surface area contributed by atoms with Crippen molar-refractivity contribution in [3.63, 3.8) is 0 Å². The monoisotopic (exact) mass is 290 g/mol. The van der Waals surface area contributed by atoms with Crippen LogP contribution in [0.2, 0.25) is 0 Å². The summed E-state index contributed by atoms with van der Waals surface area (Å²) in [7, 11) is 0. The van der Waals surface area contributed by atoms with E-state index in [0.29, 0.717) is 0 Å². The van der Waals surface area contributed by atoms with Gasteiger partial charge in [0.1, 0.15) is 0 Å². The van der Waals surface area contributed by atoms with Crippen LogP contribution in [0.3, 0.4) is 0 Å². The Morgan fingerprint density at radius 3 is 2.53 bits per heavy atom. The highest BCUT2D eigenvalue weighted by atomic mass is 79.9. The van der Waals surface area contributed by atoms with Gasteiger partial charge in [-0.3, -0.25) is 4.98 Å². The molecule has 0 aliphatic rings. The van der Waals surface area contributed by atoms with Gasteiger partial charge in [0.2, 0.25) is 0 Å². The van der Waals surface area contributed by atoms with E-state index in [9.17, 15) is 0 Å². The van der Waals surface area contributed by atoms with Crippen LogP contribution in [0.4, 0.5) is 0 Å². The van der Waals surface area contributed by atoms with Crippen molar-refractivity contribution in [2.45, 2.75) is 19.4 Å². The van der Waals surface area contributed by atoms with Gasteiger partial charge in [0.15, 0.2) is 0 Å². The van der Waals surface area contributed by atoms with Crippen molar-refractivity contribution in [1.29, 1.82) is 0 Å². The van der Waals surface area contributed by atoms with Gasteiger partial charge in [-0.2, -0.15) is 0 Å². The Balaban J connectivity index is 2.58. The van der Waals surface area contributed by atoms with E-state index >= 15 is 0 Å². The lowest BCUT2D eigenvalue weighted by molar-refractivity contribution is 0.593. The minimum Gasteiger partial charge on any atom is -0.318 e. The lowest BCUT2D eigenvalue weighted by Crippen LogP contribution is -2.35. The van der Waals surface area contributed by atoms with Crippen LogP contribution in [-0.2, 0) is 5.54 Å². The van der Waals surface area contributed by atoms with Gasteiger partial charge < -0.3 is 5.73 Å². The second-order valence-corrected chi connectivity index (χ2v) is 5.23. The van der Waals surface area contributed by atoms with Gasteiger partial charge in [-0.05, 0) is 42.7 Å². The molecule has 2 rings (SSSR count). The molecule has 2 N–H and O–H groups in total. The molecule has 0 aliphatic heterocycles.